The summed E-state index contributed by atoms with van der Waals surface area (Å²) in [6.07, 6.45) is 1.65. The maximum atomic E-state index is 12.9. The van der Waals surface area contributed by atoms with Crippen LogP contribution in [0.25, 0.3) is 0 Å². The van der Waals surface area contributed by atoms with Gasteiger partial charge in [-0.25, -0.2) is 0 Å². The van der Waals surface area contributed by atoms with E-state index in [1.54, 1.807) is 18.2 Å². The van der Waals surface area contributed by atoms with E-state index in [9.17, 15) is 9.59 Å². The average molecular weight is 422 g/mol. The number of hydrogen-bond donors (Lipinski definition) is 1. The van der Waals surface area contributed by atoms with E-state index in [1.165, 1.54) is 5.56 Å². The van der Waals surface area contributed by atoms with Gasteiger partial charge in [0.2, 0.25) is 5.91 Å². The molecule has 0 unspecified atom stereocenters. The highest BCUT2D eigenvalue weighted by Gasteiger charge is 2.19. The van der Waals surface area contributed by atoms with Crippen LogP contribution >= 0.6 is 0 Å². The quantitative estimate of drug-likeness (QED) is 0.547. The first-order valence-electron chi connectivity index (χ1n) is 10.4. The second-order valence-corrected chi connectivity index (χ2v) is 8.37. The fourth-order valence-electron chi connectivity index (χ4n) is 4.07. The highest BCUT2D eigenvalue weighted by molar-refractivity contribution is 5.99. The predicted molar refractivity (Wildman–Crippen MR) is 123 cm³/mol. The minimum atomic E-state index is -0.131. The topological polar surface area (TPSA) is 67.5 Å². The van der Waals surface area contributed by atoms with E-state index < -0.39 is 0 Å². The first-order valence-corrected chi connectivity index (χ1v) is 10.4. The molecule has 1 N–H and O–H groups in total. The number of likely N-dealkylation sites (N-methyl/N-ethyl adjacent to an activating group) is 1. The number of carbonyl (C=O) groups excluding carboxylic acids is 2. The van der Waals surface area contributed by atoms with Gasteiger partial charge in [-0.05, 0) is 71.0 Å². The third-order valence-electron chi connectivity index (χ3n) is 5.54. The van der Waals surface area contributed by atoms with Crippen LogP contribution in [0.3, 0.4) is 0 Å². The lowest BCUT2D eigenvalue weighted by Crippen LogP contribution is -2.34. The molecule has 6 nitrogen and oxygen atoms in total. The number of carbonyl (C=O) groups is 2. The SMILES string of the molecule is Cc1cc(C)c(NC(=O)CN(C)CC(=O)c2cc(C)n(Cc3ccco3)c2C)c(C)c1. The molecule has 1 amide bonds. The second kappa shape index (κ2) is 9.35. The molecule has 0 saturated heterocycles. The summed E-state index contributed by atoms with van der Waals surface area (Å²) in [5.74, 6) is 0.710. The van der Waals surface area contributed by atoms with Crippen LogP contribution < -0.4 is 5.32 Å². The van der Waals surface area contributed by atoms with E-state index in [-0.39, 0.29) is 24.8 Å². The van der Waals surface area contributed by atoms with Crippen LogP contribution in [0.5, 0.6) is 0 Å². The fraction of sp³-hybridized carbons (Fsp3) is 0.360. The number of aryl methyl sites for hydroxylation is 4. The van der Waals surface area contributed by atoms with Crippen molar-refractivity contribution in [2.24, 2.45) is 0 Å². The molecule has 3 rings (SSSR count). The Kier molecular flexibility index (Phi) is 6.81. The van der Waals surface area contributed by atoms with Crippen molar-refractivity contribution in [3.05, 3.63) is 76.0 Å². The number of rotatable bonds is 8. The van der Waals surface area contributed by atoms with E-state index >= 15 is 0 Å². The van der Waals surface area contributed by atoms with Crippen LogP contribution in [0.1, 0.15) is 44.2 Å². The number of benzene rings is 1. The van der Waals surface area contributed by atoms with Crippen LogP contribution in [0.2, 0.25) is 0 Å². The smallest absolute Gasteiger partial charge is 0.238 e. The lowest BCUT2D eigenvalue weighted by atomic mass is 10.1. The van der Waals surface area contributed by atoms with Crippen molar-refractivity contribution in [3.63, 3.8) is 0 Å². The molecule has 0 bridgehead atoms. The number of ketones is 1. The minimum Gasteiger partial charge on any atom is -0.467 e. The predicted octanol–water partition coefficient (Wildman–Crippen LogP) is 4.42. The minimum absolute atomic E-state index is 0.00297. The van der Waals surface area contributed by atoms with Crippen molar-refractivity contribution in [2.75, 3.05) is 25.5 Å². The summed E-state index contributed by atoms with van der Waals surface area (Å²) in [6, 6.07) is 9.79. The van der Waals surface area contributed by atoms with Crippen LogP contribution in [0.4, 0.5) is 5.69 Å². The number of amides is 1. The summed E-state index contributed by atoms with van der Waals surface area (Å²) in [6.45, 7) is 10.8. The molecule has 0 saturated carbocycles. The molecule has 0 radical (unpaired) electrons. The van der Waals surface area contributed by atoms with E-state index in [2.05, 4.69) is 9.88 Å². The Balaban J connectivity index is 1.62. The Labute approximate surface area is 183 Å². The average Bonchev–Trinajstić information content (AvgIpc) is 3.28. The maximum Gasteiger partial charge on any atom is 0.238 e. The van der Waals surface area contributed by atoms with Crippen molar-refractivity contribution in [3.8, 4) is 0 Å². The molecule has 3 aromatic rings. The summed E-state index contributed by atoms with van der Waals surface area (Å²) in [5.41, 5.74) is 6.67. The number of Topliss-reactive ketones (excluding diaryl/α,β-unsaturated/α-hetero) is 1. The van der Waals surface area contributed by atoms with Gasteiger partial charge < -0.3 is 14.3 Å². The molecule has 0 spiro atoms. The zero-order valence-corrected chi connectivity index (χ0v) is 19.2. The second-order valence-electron chi connectivity index (χ2n) is 8.37. The number of anilines is 1. The largest absolute Gasteiger partial charge is 0.467 e. The van der Waals surface area contributed by atoms with Gasteiger partial charge in [0.1, 0.15) is 5.76 Å². The molecule has 0 aliphatic carbocycles. The number of furan rings is 1. The number of nitrogens with zero attached hydrogens (tertiary/aromatic N) is 2. The van der Waals surface area contributed by atoms with Crippen LogP contribution in [-0.4, -0.2) is 41.3 Å². The number of nitrogens with one attached hydrogen (secondary N) is 1. The summed E-state index contributed by atoms with van der Waals surface area (Å²) in [5, 5.41) is 2.99. The van der Waals surface area contributed by atoms with Crippen molar-refractivity contribution in [2.45, 2.75) is 41.2 Å². The summed E-state index contributed by atoms with van der Waals surface area (Å²) < 4.78 is 7.51. The standard InChI is InChI=1S/C25H31N3O3/c1-16-10-17(2)25(18(3)11-16)26-24(30)15-27(6)14-23(29)22-12-19(4)28(20(22)5)13-21-8-7-9-31-21/h7-12H,13-15H2,1-6H3,(H,26,30). The Morgan fingerprint density at radius 3 is 2.32 bits per heavy atom. The van der Waals surface area contributed by atoms with E-state index in [1.807, 2.05) is 65.0 Å². The molecule has 6 heteroatoms. The molecule has 0 fully saturated rings. The molecular formula is C25H31N3O3. The zero-order chi connectivity index (χ0) is 22.7. The van der Waals surface area contributed by atoms with Gasteiger partial charge in [0.15, 0.2) is 5.78 Å². The Bertz CT molecular complexity index is 1070. The van der Waals surface area contributed by atoms with Gasteiger partial charge in [-0.3, -0.25) is 14.5 Å². The van der Waals surface area contributed by atoms with Gasteiger partial charge >= 0.3 is 0 Å². The van der Waals surface area contributed by atoms with Crippen LogP contribution in [0.15, 0.2) is 41.0 Å². The van der Waals surface area contributed by atoms with Crippen molar-refractivity contribution < 1.29 is 14.0 Å². The Morgan fingerprint density at radius 1 is 1.03 bits per heavy atom. The molecule has 2 heterocycles. The molecule has 0 aliphatic heterocycles. The molecular weight excluding hydrogens is 390 g/mol. The van der Waals surface area contributed by atoms with Gasteiger partial charge in [0, 0.05) is 22.6 Å². The third kappa shape index (κ3) is 5.33. The van der Waals surface area contributed by atoms with E-state index in [4.69, 9.17) is 4.42 Å². The molecule has 164 valence electrons. The van der Waals surface area contributed by atoms with Gasteiger partial charge in [-0.1, -0.05) is 17.7 Å². The Hall–Kier alpha value is -3.12. The zero-order valence-electron chi connectivity index (χ0n) is 19.2. The highest BCUT2D eigenvalue weighted by atomic mass is 16.3. The maximum absolute atomic E-state index is 12.9. The number of aromatic nitrogens is 1. The van der Waals surface area contributed by atoms with Crippen molar-refractivity contribution in [1.29, 1.82) is 0 Å². The number of hydrogen-bond acceptors (Lipinski definition) is 4. The first kappa shape index (κ1) is 22.6. The molecule has 31 heavy (non-hydrogen) atoms. The van der Waals surface area contributed by atoms with Crippen molar-refractivity contribution in [1.82, 2.24) is 9.47 Å². The monoisotopic (exact) mass is 421 g/mol. The highest BCUT2D eigenvalue weighted by Crippen LogP contribution is 2.22. The summed E-state index contributed by atoms with van der Waals surface area (Å²) in [4.78, 5) is 27.2. The van der Waals surface area contributed by atoms with Crippen LogP contribution in [-0.2, 0) is 11.3 Å². The normalized spacial score (nSPS) is 11.2. The first-order chi connectivity index (χ1) is 14.7. The summed E-state index contributed by atoms with van der Waals surface area (Å²) >= 11 is 0. The fourth-order valence-corrected chi connectivity index (χ4v) is 4.07. The van der Waals surface area contributed by atoms with Crippen molar-refractivity contribution >= 4 is 17.4 Å². The van der Waals surface area contributed by atoms with Gasteiger partial charge in [-0.2, -0.15) is 0 Å². The lowest BCUT2D eigenvalue weighted by molar-refractivity contribution is -0.116. The van der Waals surface area contributed by atoms with E-state index in [0.717, 1.165) is 34.0 Å². The molecule has 2 aromatic heterocycles. The molecule has 1 aromatic carbocycles. The van der Waals surface area contributed by atoms with E-state index in [0.29, 0.717) is 12.1 Å². The van der Waals surface area contributed by atoms with Gasteiger partial charge in [0.25, 0.3) is 0 Å². The Morgan fingerprint density at radius 2 is 1.71 bits per heavy atom. The molecule has 0 atom stereocenters. The van der Waals surface area contributed by atoms with Gasteiger partial charge in [-0.15, -0.1) is 0 Å². The lowest BCUT2D eigenvalue weighted by Gasteiger charge is -2.17. The van der Waals surface area contributed by atoms with Crippen LogP contribution in [0, 0.1) is 34.6 Å². The molecule has 0 aliphatic rings. The summed E-state index contributed by atoms with van der Waals surface area (Å²) in [7, 11) is 1.79. The van der Waals surface area contributed by atoms with Gasteiger partial charge in [0.05, 0.1) is 25.9 Å². The third-order valence-corrected chi connectivity index (χ3v) is 5.54.